The first-order chi connectivity index (χ1) is 4.31. The second kappa shape index (κ2) is 10.1. The van der Waals surface area contributed by atoms with Crippen LogP contribution in [-0.2, 0) is 32.7 Å². The third-order valence-electron chi connectivity index (χ3n) is 1.50. The summed E-state index contributed by atoms with van der Waals surface area (Å²) in [5.41, 5.74) is 0. The van der Waals surface area contributed by atoms with Crippen LogP contribution >= 0.6 is 0 Å². The van der Waals surface area contributed by atoms with Crippen LogP contribution in [0.25, 0.3) is 0 Å². The van der Waals surface area contributed by atoms with Gasteiger partial charge in [0.05, 0.1) is 0 Å². The first-order valence-electron chi connectivity index (χ1n) is 3.99. The molecule has 0 heterocycles. The molecule has 1 nitrogen and oxygen atoms in total. The Morgan fingerprint density at radius 1 is 1.00 bits per heavy atom. The van der Waals surface area contributed by atoms with E-state index < -0.39 is 0 Å². The first-order valence-corrected chi connectivity index (χ1v) is 3.99. The van der Waals surface area contributed by atoms with E-state index in [9.17, 15) is 0 Å². The average Bonchev–Trinajstić information content (AvgIpc) is 1.85. The Morgan fingerprint density at radius 3 is 2.00 bits per heavy atom. The van der Waals surface area contributed by atoms with Gasteiger partial charge in [-0.15, -0.1) is 0 Å². The SMILES string of the molecule is CCCCN(C)CCC.[Y]. The largest absolute Gasteiger partial charge is 0.306 e. The zero-order chi connectivity index (χ0) is 7.11. The van der Waals surface area contributed by atoms with Gasteiger partial charge in [0.15, 0.2) is 0 Å². The Kier molecular flexibility index (Phi) is 13.7. The minimum atomic E-state index is 0. The van der Waals surface area contributed by atoms with Gasteiger partial charge in [-0.05, 0) is 33.0 Å². The molecule has 0 unspecified atom stereocenters. The second-order valence-electron chi connectivity index (χ2n) is 2.66. The third kappa shape index (κ3) is 9.06. The van der Waals surface area contributed by atoms with Crippen LogP contribution in [0.1, 0.15) is 33.1 Å². The van der Waals surface area contributed by atoms with E-state index in [0.29, 0.717) is 0 Å². The monoisotopic (exact) mass is 218 g/mol. The molecule has 0 amide bonds. The summed E-state index contributed by atoms with van der Waals surface area (Å²) in [5.74, 6) is 0. The summed E-state index contributed by atoms with van der Waals surface area (Å²) < 4.78 is 0. The summed E-state index contributed by atoms with van der Waals surface area (Å²) >= 11 is 0. The van der Waals surface area contributed by atoms with Crippen LogP contribution in [0.5, 0.6) is 0 Å². The molecule has 0 spiro atoms. The van der Waals surface area contributed by atoms with Crippen molar-refractivity contribution in [3.05, 3.63) is 0 Å². The fraction of sp³-hybridized carbons (Fsp3) is 1.00. The fourth-order valence-corrected chi connectivity index (χ4v) is 0.922. The number of hydrogen-bond acceptors (Lipinski definition) is 1. The molecule has 0 N–H and O–H groups in total. The van der Waals surface area contributed by atoms with Crippen molar-refractivity contribution in [1.29, 1.82) is 0 Å². The summed E-state index contributed by atoms with van der Waals surface area (Å²) in [7, 11) is 2.19. The zero-order valence-electron chi connectivity index (χ0n) is 7.56. The van der Waals surface area contributed by atoms with Gasteiger partial charge in [-0.25, -0.2) is 0 Å². The molecule has 10 heavy (non-hydrogen) atoms. The van der Waals surface area contributed by atoms with Crippen LogP contribution < -0.4 is 0 Å². The Morgan fingerprint density at radius 2 is 1.60 bits per heavy atom. The Balaban J connectivity index is 0. The second-order valence-corrected chi connectivity index (χ2v) is 2.66. The Hall–Kier alpha value is 1.06. The smallest absolute Gasteiger partial charge is 0 e. The Labute approximate surface area is 90.4 Å². The third-order valence-corrected chi connectivity index (χ3v) is 1.50. The van der Waals surface area contributed by atoms with Crippen molar-refractivity contribution in [2.45, 2.75) is 33.1 Å². The number of nitrogens with zero attached hydrogens (tertiary/aromatic N) is 1. The molecule has 2 heteroatoms. The van der Waals surface area contributed by atoms with Crippen LogP contribution in [0.3, 0.4) is 0 Å². The molecule has 0 aliphatic carbocycles. The molecule has 0 bridgehead atoms. The molecule has 0 fully saturated rings. The molecule has 0 rings (SSSR count). The fourth-order valence-electron chi connectivity index (χ4n) is 0.922. The van der Waals surface area contributed by atoms with Crippen LogP contribution in [0.15, 0.2) is 0 Å². The number of rotatable bonds is 5. The molecule has 0 aromatic heterocycles. The van der Waals surface area contributed by atoms with Gasteiger partial charge in [-0.1, -0.05) is 20.3 Å². The van der Waals surface area contributed by atoms with Gasteiger partial charge in [0.2, 0.25) is 0 Å². The molecule has 0 aromatic rings. The topological polar surface area (TPSA) is 3.24 Å². The number of hydrogen-bond donors (Lipinski definition) is 0. The predicted octanol–water partition coefficient (Wildman–Crippen LogP) is 2.13. The van der Waals surface area contributed by atoms with Crippen LogP contribution in [-0.4, -0.2) is 25.0 Å². The van der Waals surface area contributed by atoms with E-state index >= 15 is 0 Å². The van der Waals surface area contributed by atoms with E-state index in [2.05, 4.69) is 25.8 Å². The summed E-state index contributed by atoms with van der Waals surface area (Å²) in [4.78, 5) is 2.39. The van der Waals surface area contributed by atoms with E-state index in [1.54, 1.807) is 0 Å². The summed E-state index contributed by atoms with van der Waals surface area (Å²) in [5, 5.41) is 0. The molecule has 0 aliphatic rings. The van der Waals surface area contributed by atoms with E-state index in [1.165, 1.54) is 32.4 Å². The number of unbranched alkanes of at least 4 members (excludes halogenated alkanes) is 1. The molecule has 0 aromatic carbocycles. The minimum Gasteiger partial charge on any atom is -0.306 e. The molecule has 0 saturated heterocycles. The van der Waals surface area contributed by atoms with Gasteiger partial charge in [0.1, 0.15) is 0 Å². The normalized spacial score (nSPS) is 9.60. The predicted molar refractivity (Wildman–Crippen MR) is 42.7 cm³/mol. The molecule has 1 radical (unpaired) electrons. The van der Waals surface area contributed by atoms with Gasteiger partial charge in [-0.2, -0.15) is 0 Å². The van der Waals surface area contributed by atoms with Gasteiger partial charge in [0, 0.05) is 32.7 Å². The summed E-state index contributed by atoms with van der Waals surface area (Å²) in [6.45, 7) is 6.98. The molecule has 0 aliphatic heterocycles. The van der Waals surface area contributed by atoms with Gasteiger partial charge < -0.3 is 4.90 Å². The van der Waals surface area contributed by atoms with E-state index in [1.807, 2.05) is 0 Å². The quantitative estimate of drug-likeness (QED) is 0.683. The standard InChI is InChI=1S/C8H19N.Y/c1-4-6-8-9(3)7-5-2;/h4-8H2,1-3H3;. The first kappa shape index (κ1) is 13.6. The van der Waals surface area contributed by atoms with Crippen molar-refractivity contribution in [2.24, 2.45) is 0 Å². The molecular formula is C8H19NY. The summed E-state index contributed by atoms with van der Waals surface area (Å²) in [6.07, 6.45) is 3.94. The van der Waals surface area contributed by atoms with Crippen molar-refractivity contribution >= 4 is 0 Å². The molecule has 0 saturated carbocycles. The van der Waals surface area contributed by atoms with E-state index in [4.69, 9.17) is 0 Å². The minimum absolute atomic E-state index is 0. The Bertz CT molecular complexity index is 57.2. The molecule has 59 valence electrons. The van der Waals surface area contributed by atoms with Gasteiger partial charge in [0.25, 0.3) is 0 Å². The van der Waals surface area contributed by atoms with Gasteiger partial charge >= 0.3 is 0 Å². The van der Waals surface area contributed by atoms with E-state index in [0.717, 1.165) is 0 Å². The van der Waals surface area contributed by atoms with Crippen LogP contribution in [0.4, 0.5) is 0 Å². The maximum absolute atomic E-state index is 2.39. The zero-order valence-corrected chi connectivity index (χ0v) is 10.4. The van der Waals surface area contributed by atoms with Crippen molar-refractivity contribution in [2.75, 3.05) is 20.1 Å². The van der Waals surface area contributed by atoms with Crippen molar-refractivity contribution in [3.8, 4) is 0 Å². The van der Waals surface area contributed by atoms with Crippen LogP contribution in [0, 0.1) is 0 Å². The van der Waals surface area contributed by atoms with Crippen molar-refractivity contribution in [3.63, 3.8) is 0 Å². The van der Waals surface area contributed by atoms with Gasteiger partial charge in [-0.3, -0.25) is 0 Å². The maximum atomic E-state index is 2.39. The van der Waals surface area contributed by atoms with Crippen LogP contribution in [0.2, 0.25) is 0 Å². The maximum Gasteiger partial charge on any atom is 0 e. The van der Waals surface area contributed by atoms with Crippen molar-refractivity contribution in [1.82, 2.24) is 4.90 Å². The van der Waals surface area contributed by atoms with Crippen molar-refractivity contribution < 1.29 is 32.7 Å². The molecule has 0 atom stereocenters. The molecular weight excluding hydrogens is 199 g/mol. The van der Waals surface area contributed by atoms with E-state index in [-0.39, 0.29) is 32.7 Å². The average molecular weight is 218 g/mol. The summed E-state index contributed by atoms with van der Waals surface area (Å²) in [6, 6.07) is 0.